The van der Waals surface area contributed by atoms with Gasteiger partial charge in [0.1, 0.15) is 18.2 Å². The highest BCUT2D eigenvalue weighted by molar-refractivity contribution is 9.10. The molecule has 0 fully saturated rings. The predicted octanol–water partition coefficient (Wildman–Crippen LogP) is 3.59. The van der Waals surface area contributed by atoms with Gasteiger partial charge in [-0.25, -0.2) is 4.39 Å². The van der Waals surface area contributed by atoms with Crippen molar-refractivity contribution in [2.75, 3.05) is 18.0 Å². The Morgan fingerprint density at radius 3 is 2.72 bits per heavy atom. The number of halogens is 2. The Morgan fingerprint density at radius 2 is 2.00 bits per heavy atom. The molecule has 32 heavy (non-hydrogen) atoms. The molecular formula is C23H22BrFN4O3. The van der Waals surface area contributed by atoms with Crippen LogP contribution in [0.3, 0.4) is 0 Å². The van der Waals surface area contributed by atoms with Crippen LogP contribution in [0.25, 0.3) is 11.3 Å². The van der Waals surface area contributed by atoms with Crippen LogP contribution in [0.5, 0.6) is 5.75 Å². The number of nitrogens with zero attached hydrogens (tertiary/aromatic N) is 3. The molecule has 9 heteroatoms. The Bertz CT molecular complexity index is 1180. The van der Waals surface area contributed by atoms with Crippen LogP contribution in [0, 0.1) is 5.82 Å². The fourth-order valence-electron chi connectivity index (χ4n) is 3.77. The molecule has 7 nitrogen and oxygen atoms in total. The minimum atomic E-state index is -0.357. The third kappa shape index (κ3) is 4.52. The Morgan fingerprint density at radius 1 is 1.25 bits per heavy atom. The van der Waals surface area contributed by atoms with Crippen molar-refractivity contribution >= 4 is 33.6 Å². The van der Waals surface area contributed by atoms with Crippen LogP contribution >= 0.6 is 15.9 Å². The van der Waals surface area contributed by atoms with Crippen LogP contribution in [-0.2, 0) is 29.7 Å². The molecule has 1 aliphatic rings. The molecule has 0 atom stereocenters. The highest BCUT2D eigenvalue weighted by Crippen LogP contribution is 2.42. The molecule has 2 aromatic carbocycles. The van der Waals surface area contributed by atoms with Crippen molar-refractivity contribution in [1.29, 1.82) is 0 Å². The van der Waals surface area contributed by atoms with Gasteiger partial charge >= 0.3 is 0 Å². The van der Waals surface area contributed by atoms with Gasteiger partial charge in [0.05, 0.1) is 17.7 Å². The van der Waals surface area contributed by atoms with E-state index >= 15 is 0 Å². The SMILES string of the molecule is CC(=O)NCCN(C(=O)Cc1ccc(F)cc1)c1nn(C)c2c1COc1ccc(Br)cc1-2. The topological polar surface area (TPSA) is 76.5 Å². The van der Waals surface area contributed by atoms with Gasteiger partial charge in [0.2, 0.25) is 11.8 Å². The smallest absolute Gasteiger partial charge is 0.232 e. The maximum atomic E-state index is 13.3. The Labute approximate surface area is 193 Å². The number of amides is 2. The van der Waals surface area contributed by atoms with Crippen LogP contribution in [0.2, 0.25) is 0 Å². The number of nitrogens with one attached hydrogen (secondary N) is 1. The molecule has 166 valence electrons. The largest absolute Gasteiger partial charge is 0.488 e. The summed E-state index contributed by atoms with van der Waals surface area (Å²) in [4.78, 5) is 26.2. The zero-order chi connectivity index (χ0) is 22.8. The first-order valence-corrected chi connectivity index (χ1v) is 10.9. The van der Waals surface area contributed by atoms with Crippen LogP contribution in [0.1, 0.15) is 18.1 Å². The maximum Gasteiger partial charge on any atom is 0.232 e. The number of anilines is 1. The summed E-state index contributed by atoms with van der Waals surface area (Å²) in [5.41, 5.74) is 3.25. The van der Waals surface area contributed by atoms with E-state index in [-0.39, 0.29) is 43.7 Å². The normalized spacial score (nSPS) is 11.9. The summed E-state index contributed by atoms with van der Waals surface area (Å²) in [6.07, 6.45) is 0.0781. The van der Waals surface area contributed by atoms with Gasteiger partial charge in [-0.05, 0) is 35.9 Å². The van der Waals surface area contributed by atoms with E-state index in [1.165, 1.54) is 19.1 Å². The number of hydrogen-bond acceptors (Lipinski definition) is 4. The molecule has 4 rings (SSSR count). The second kappa shape index (κ2) is 9.12. The van der Waals surface area contributed by atoms with Crippen molar-refractivity contribution < 1.29 is 18.7 Å². The lowest BCUT2D eigenvalue weighted by Gasteiger charge is -2.24. The lowest BCUT2D eigenvalue weighted by molar-refractivity contribution is -0.120. The van der Waals surface area contributed by atoms with Crippen LogP contribution in [0.15, 0.2) is 46.9 Å². The molecule has 2 amide bonds. The van der Waals surface area contributed by atoms with Gasteiger partial charge in [0.25, 0.3) is 0 Å². The first-order chi connectivity index (χ1) is 15.3. The maximum absolute atomic E-state index is 13.3. The van der Waals surface area contributed by atoms with Crippen molar-refractivity contribution in [3.63, 3.8) is 0 Å². The summed E-state index contributed by atoms with van der Waals surface area (Å²) in [5, 5.41) is 7.38. The van der Waals surface area contributed by atoms with Crippen molar-refractivity contribution in [3.05, 3.63) is 63.9 Å². The van der Waals surface area contributed by atoms with Crippen molar-refractivity contribution in [2.45, 2.75) is 20.0 Å². The average Bonchev–Trinajstić information content (AvgIpc) is 3.09. The number of aromatic nitrogens is 2. The molecule has 0 saturated carbocycles. The van der Waals surface area contributed by atoms with Gasteiger partial charge in [0.15, 0.2) is 5.82 Å². The van der Waals surface area contributed by atoms with Crippen LogP contribution < -0.4 is 15.0 Å². The number of hydrogen-bond donors (Lipinski definition) is 1. The second-order valence-electron chi connectivity index (χ2n) is 7.54. The second-order valence-corrected chi connectivity index (χ2v) is 8.45. The van der Waals surface area contributed by atoms with Crippen LogP contribution in [0.4, 0.5) is 10.2 Å². The molecule has 1 aromatic heterocycles. The summed E-state index contributed by atoms with van der Waals surface area (Å²) in [5.74, 6) is 0.497. The van der Waals surface area contributed by atoms with Crippen molar-refractivity contribution in [1.82, 2.24) is 15.1 Å². The van der Waals surface area contributed by atoms with Gasteiger partial charge in [-0.3, -0.25) is 19.2 Å². The fourth-order valence-corrected chi connectivity index (χ4v) is 4.13. The Kier molecular flexibility index (Phi) is 6.27. The molecular weight excluding hydrogens is 479 g/mol. The molecule has 0 radical (unpaired) electrons. The average molecular weight is 501 g/mol. The van der Waals surface area contributed by atoms with Gasteiger partial charge < -0.3 is 10.1 Å². The third-order valence-electron chi connectivity index (χ3n) is 5.23. The summed E-state index contributed by atoms with van der Waals surface area (Å²) in [7, 11) is 1.83. The summed E-state index contributed by atoms with van der Waals surface area (Å²) in [6.45, 7) is 2.22. The van der Waals surface area contributed by atoms with Crippen molar-refractivity contribution in [3.8, 4) is 17.0 Å². The Hall–Kier alpha value is -3.20. The molecule has 0 aliphatic carbocycles. The molecule has 3 aromatic rings. The van der Waals surface area contributed by atoms with E-state index in [9.17, 15) is 14.0 Å². The fraction of sp³-hybridized carbons (Fsp3) is 0.261. The van der Waals surface area contributed by atoms with Gasteiger partial charge in [0, 0.05) is 37.1 Å². The van der Waals surface area contributed by atoms with E-state index in [1.54, 1.807) is 21.7 Å². The number of carbonyl (C=O) groups is 2. The zero-order valence-corrected chi connectivity index (χ0v) is 19.3. The monoisotopic (exact) mass is 500 g/mol. The molecule has 0 spiro atoms. The van der Waals surface area contributed by atoms with E-state index in [0.29, 0.717) is 11.4 Å². The quantitative estimate of drug-likeness (QED) is 0.560. The first-order valence-electron chi connectivity index (χ1n) is 10.1. The summed E-state index contributed by atoms with van der Waals surface area (Å²) >= 11 is 3.50. The van der Waals surface area contributed by atoms with Gasteiger partial charge in [-0.1, -0.05) is 28.1 Å². The van der Waals surface area contributed by atoms with Gasteiger partial charge in [-0.2, -0.15) is 5.10 Å². The number of aryl methyl sites for hydroxylation is 1. The van der Waals surface area contributed by atoms with E-state index < -0.39 is 0 Å². The predicted molar refractivity (Wildman–Crippen MR) is 122 cm³/mol. The lowest BCUT2D eigenvalue weighted by Crippen LogP contribution is -2.40. The minimum absolute atomic E-state index is 0.0781. The number of rotatable bonds is 6. The number of benzene rings is 2. The highest BCUT2D eigenvalue weighted by Gasteiger charge is 2.30. The standard InChI is InChI=1S/C23H22BrFN4O3/c1-14(30)26-9-10-29(21(31)11-15-3-6-17(25)7-4-15)23-19-13-32-20-8-5-16(24)12-18(20)22(19)28(2)27-23/h3-8,12H,9-11,13H2,1-2H3,(H,26,30). The van der Waals surface area contributed by atoms with Gasteiger partial charge in [-0.15, -0.1) is 0 Å². The molecule has 1 N–H and O–H groups in total. The molecule has 0 saturated heterocycles. The third-order valence-corrected chi connectivity index (χ3v) is 5.72. The molecule has 2 heterocycles. The minimum Gasteiger partial charge on any atom is -0.488 e. The number of fused-ring (bicyclic) bond motifs is 3. The number of ether oxygens (including phenoxy) is 1. The van der Waals surface area contributed by atoms with Crippen molar-refractivity contribution in [2.24, 2.45) is 7.05 Å². The van der Waals surface area contributed by atoms with Crippen LogP contribution in [-0.4, -0.2) is 34.7 Å². The molecule has 0 bridgehead atoms. The lowest BCUT2D eigenvalue weighted by atomic mass is 10.0. The first kappa shape index (κ1) is 22.0. The van der Waals surface area contributed by atoms with E-state index in [0.717, 1.165) is 27.0 Å². The summed E-state index contributed by atoms with van der Waals surface area (Å²) < 4.78 is 21.9. The highest BCUT2D eigenvalue weighted by atomic mass is 79.9. The molecule has 1 aliphatic heterocycles. The van der Waals surface area contributed by atoms with E-state index in [2.05, 4.69) is 26.3 Å². The summed E-state index contributed by atoms with van der Waals surface area (Å²) in [6, 6.07) is 11.6. The Balaban J connectivity index is 1.70. The number of carbonyl (C=O) groups excluding carboxylic acids is 2. The van der Waals surface area contributed by atoms with E-state index in [1.807, 2.05) is 25.2 Å². The molecule has 0 unspecified atom stereocenters. The zero-order valence-electron chi connectivity index (χ0n) is 17.7. The van der Waals surface area contributed by atoms with E-state index in [4.69, 9.17) is 4.74 Å².